The maximum absolute atomic E-state index is 13.9. The van der Waals surface area contributed by atoms with Crippen molar-refractivity contribution in [2.45, 2.75) is 11.1 Å². The number of carbonyl (C=O) groups is 1. The van der Waals surface area contributed by atoms with Crippen LogP contribution in [0.25, 0.3) is 11.5 Å². The van der Waals surface area contributed by atoms with E-state index in [2.05, 4.69) is 9.97 Å². The Hall–Kier alpha value is -2.99. The second-order valence-electron chi connectivity index (χ2n) is 5.94. The Morgan fingerprint density at radius 1 is 1.20 bits per heavy atom. The first-order chi connectivity index (χ1) is 13.9. The van der Waals surface area contributed by atoms with Crippen molar-refractivity contribution in [3.8, 4) is 11.5 Å². The predicted octanol–water partition coefficient (Wildman–Crippen LogP) is 3.41. The number of aromatic nitrogens is 3. The molecule has 0 spiro atoms. The normalized spacial score (nSPS) is 12.1. The van der Waals surface area contributed by atoms with E-state index in [0.29, 0.717) is 6.07 Å². The first-order valence-electron chi connectivity index (χ1n) is 7.99. The van der Waals surface area contributed by atoms with Gasteiger partial charge in [0.1, 0.15) is 16.3 Å². The van der Waals surface area contributed by atoms with E-state index >= 15 is 0 Å². The number of hydrogen-bond donors (Lipinski definition) is 1. The second-order valence-corrected chi connectivity index (χ2v) is 7.97. The highest BCUT2D eigenvalue weighted by Gasteiger charge is 2.39. The molecule has 2 aromatic heterocycles. The molecule has 30 heavy (non-hydrogen) atoms. The van der Waals surface area contributed by atoms with Gasteiger partial charge in [-0.3, -0.25) is 4.79 Å². The van der Waals surface area contributed by atoms with Crippen LogP contribution in [0.4, 0.5) is 17.6 Å². The number of carbonyl (C=O) groups excluding carboxylic acids is 1. The van der Waals surface area contributed by atoms with E-state index in [1.54, 1.807) is 0 Å². The van der Waals surface area contributed by atoms with Crippen LogP contribution in [0.1, 0.15) is 16.1 Å². The molecule has 0 unspecified atom stereocenters. The van der Waals surface area contributed by atoms with Crippen LogP contribution < -0.4 is 4.72 Å². The van der Waals surface area contributed by atoms with Gasteiger partial charge in [0.25, 0.3) is 15.9 Å². The molecule has 0 saturated heterocycles. The van der Waals surface area contributed by atoms with Crippen LogP contribution in [0.15, 0.2) is 47.6 Å². The summed E-state index contributed by atoms with van der Waals surface area (Å²) in [5.74, 6) is -2.16. The van der Waals surface area contributed by atoms with Gasteiger partial charge >= 0.3 is 6.18 Å². The molecule has 0 fully saturated rings. The van der Waals surface area contributed by atoms with Crippen LogP contribution in [0.5, 0.6) is 0 Å². The van der Waals surface area contributed by atoms with Gasteiger partial charge in [0.05, 0.1) is 10.6 Å². The molecule has 0 bridgehead atoms. The SMILES string of the molecule is Cn1cc(C(=O)NS(=O)(=O)c2c(Cl)cccc2C(F)(F)F)nc1-c1ncccc1F. The van der Waals surface area contributed by atoms with Crippen LogP contribution in [0.2, 0.25) is 5.02 Å². The molecule has 0 aliphatic heterocycles. The van der Waals surface area contributed by atoms with E-state index in [9.17, 15) is 30.8 Å². The van der Waals surface area contributed by atoms with E-state index in [1.807, 2.05) is 0 Å². The summed E-state index contributed by atoms with van der Waals surface area (Å²) < 4.78 is 81.3. The summed E-state index contributed by atoms with van der Waals surface area (Å²) in [5.41, 5.74) is -2.22. The van der Waals surface area contributed by atoms with Gasteiger partial charge in [-0.1, -0.05) is 17.7 Å². The number of pyridine rings is 1. The summed E-state index contributed by atoms with van der Waals surface area (Å²) in [6.07, 6.45) is -2.67. The summed E-state index contributed by atoms with van der Waals surface area (Å²) >= 11 is 5.68. The minimum atomic E-state index is -5.04. The number of sulfonamides is 1. The molecule has 1 aromatic carbocycles. The molecule has 0 saturated carbocycles. The number of imidazole rings is 1. The van der Waals surface area contributed by atoms with Crippen molar-refractivity contribution in [3.05, 3.63) is 64.8 Å². The smallest absolute Gasteiger partial charge is 0.332 e. The molecule has 0 aliphatic carbocycles. The van der Waals surface area contributed by atoms with Gasteiger partial charge in [-0.2, -0.15) is 13.2 Å². The zero-order chi connectivity index (χ0) is 22.3. The van der Waals surface area contributed by atoms with Gasteiger partial charge < -0.3 is 4.57 Å². The lowest BCUT2D eigenvalue weighted by atomic mass is 10.2. The summed E-state index contributed by atoms with van der Waals surface area (Å²) in [6, 6.07) is 4.84. The number of halogens is 5. The predicted molar refractivity (Wildman–Crippen MR) is 97.5 cm³/mol. The highest BCUT2D eigenvalue weighted by Crippen LogP contribution is 2.37. The highest BCUT2D eigenvalue weighted by atomic mass is 35.5. The number of nitrogens with zero attached hydrogens (tertiary/aromatic N) is 3. The molecule has 1 amide bonds. The summed E-state index contributed by atoms with van der Waals surface area (Å²) in [4.78, 5) is 18.7. The largest absolute Gasteiger partial charge is 0.417 e. The highest BCUT2D eigenvalue weighted by molar-refractivity contribution is 7.90. The first-order valence-corrected chi connectivity index (χ1v) is 9.85. The topological polar surface area (TPSA) is 94.0 Å². The van der Waals surface area contributed by atoms with Gasteiger partial charge in [-0.15, -0.1) is 0 Å². The Kier molecular flexibility index (Phi) is 5.56. The second kappa shape index (κ2) is 7.69. The number of alkyl halides is 3. The fourth-order valence-electron chi connectivity index (χ4n) is 2.58. The molecule has 0 radical (unpaired) electrons. The number of rotatable bonds is 4. The molecule has 158 valence electrons. The maximum Gasteiger partial charge on any atom is 0.417 e. The maximum atomic E-state index is 13.9. The van der Waals surface area contributed by atoms with Crippen LogP contribution >= 0.6 is 11.6 Å². The quantitative estimate of drug-likeness (QED) is 0.600. The van der Waals surface area contributed by atoms with Crippen LogP contribution in [0.3, 0.4) is 0 Å². The molecule has 3 rings (SSSR count). The van der Waals surface area contributed by atoms with E-state index in [-0.39, 0.29) is 11.5 Å². The monoisotopic (exact) mass is 462 g/mol. The fraction of sp³-hybridized carbons (Fsp3) is 0.118. The zero-order valence-electron chi connectivity index (χ0n) is 14.9. The van der Waals surface area contributed by atoms with Crippen LogP contribution in [-0.4, -0.2) is 28.9 Å². The average molecular weight is 463 g/mol. The molecular weight excluding hydrogens is 452 g/mol. The van der Waals surface area contributed by atoms with E-state index in [1.165, 1.54) is 28.6 Å². The van der Waals surface area contributed by atoms with Crippen molar-refractivity contribution in [1.29, 1.82) is 0 Å². The molecule has 13 heteroatoms. The summed E-state index contributed by atoms with van der Waals surface area (Å²) in [6.45, 7) is 0. The number of hydrogen-bond acceptors (Lipinski definition) is 5. The minimum Gasteiger partial charge on any atom is -0.332 e. The molecular formula is C17H11ClF4N4O3S. The third-order valence-corrected chi connectivity index (χ3v) is 5.71. The lowest BCUT2D eigenvalue weighted by molar-refractivity contribution is -0.139. The number of nitrogens with one attached hydrogen (secondary N) is 1. The molecule has 3 aromatic rings. The van der Waals surface area contributed by atoms with Crippen LogP contribution in [0, 0.1) is 5.82 Å². The zero-order valence-corrected chi connectivity index (χ0v) is 16.5. The first kappa shape index (κ1) is 21.7. The summed E-state index contributed by atoms with van der Waals surface area (Å²) in [7, 11) is -3.62. The van der Waals surface area contributed by atoms with Crippen molar-refractivity contribution < 1.29 is 30.8 Å². The number of aryl methyl sites for hydroxylation is 1. The van der Waals surface area contributed by atoms with Gasteiger partial charge in [0.2, 0.25) is 0 Å². The Labute approximate surface area is 172 Å². The Balaban J connectivity index is 1.98. The van der Waals surface area contributed by atoms with Gasteiger partial charge in [0.15, 0.2) is 11.6 Å². The van der Waals surface area contributed by atoms with Crippen LogP contribution in [-0.2, 0) is 23.2 Å². The Morgan fingerprint density at radius 2 is 1.90 bits per heavy atom. The van der Waals surface area contributed by atoms with Crippen molar-refractivity contribution in [2.75, 3.05) is 0 Å². The van der Waals surface area contributed by atoms with Crippen molar-refractivity contribution >= 4 is 27.5 Å². The van der Waals surface area contributed by atoms with Crippen molar-refractivity contribution in [2.24, 2.45) is 7.05 Å². The third kappa shape index (κ3) is 4.14. The molecule has 7 nitrogen and oxygen atoms in total. The lowest BCUT2D eigenvalue weighted by Crippen LogP contribution is -2.32. The minimum absolute atomic E-state index is 0.0932. The molecule has 0 atom stereocenters. The van der Waals surface area contributed by atoms with Crippen molar-refractivity contribution in [1.82, 2.24) is 19.3 Å². The van der Waals surface area contributed by atoms with Crippen molar-refractivity contribution in [3.63, 3.8) is 0 Å². The number of amides is 1. The molecule has 1 N–H and O–H groups in total. The average Bonchev–Trinajstić information content (AvgIpc) is 3.02. The fourth-order valence-corrected chi connectivity index (χ4v) is 4.30. The van der Waals surface area contributed by atoms with E-state index in [0.717, 1.165) is 24.4 Å². The molecule has 2 heterocycles. The Bertz CT molecular complexity index is 1240. The Morgan fingerprint density at radius 3 is 2.53 bits per heavy atom. The third-order valence-electron chi connectivity index (χ3n) is 3.85. The lowest BCUT2D eigenvalue weighted by Gasteiger charge is -2.14. The van der Waals surface area contributed by atoms with E-state index < -0.39 is 49.1 Å². The van der Waals surface area contributed by atoms with Gasteiger partial charge in [0, 0.05) is 19.4 Å². The van der Waals surface area contributed by atoms with E-state index in [4.69, 9.17) is 11.6 Å². The van der Waals surface area contributed by atoms with Gasteiger partial charge in [-0.25, -0.2) is 27.5 Å². The number of benzene rings is 1. The van der Waals surface area contributed by atoms with Gasteiger partial charge in [-0.05, 0) is 24.3 Å². The molecule has 0 aliphatic rings. The summed E-state index contributed by atoms with van der Waals surface area (Å²) in [5, 5.41) is -0.720. The standard InChI is InChI=1S/C17H11ClF4N4O3S/c1-26-8-12(24-15(26)13-11(19)6-3-7-23-13)16(27)25-30(28,29)14-9(17(20,21)22)4-2-5-10(14)18/h2-8H,1H3,(H,25,27).